The molecule has 7 nitrogen and oxygen atoms in total. The number of benzene rings is 1. The van der Waals surface area contributed by atoms with Gasteiger partial charge in [-0.05, 0) is 24.6 Å². The standard InChI is InChI=1S/C18H24N2O5/c1-11(21)15-16(12-6-7-13(24-4)14(10-12)25-5)20(9-8-19(2)3)18(23)17(15)22/h6-7,10,16,22H,8-9H2,1-5H3/p+1/t16-/m0/s1. The highest BCUT2D eigenvalue weighted by atomic mass is 16.5. The number of ketones is 1. The number of likely N-dealkylation sites (N-methyl/N-ethyl adjacent to an activating group) is 1. The number of aliphatic hydroxyl groups excluding tert-OH is 1. The minimum absolute atomic E-state index is 0.117. The van der Waals surface area contributed by atoms with Gasteiger partial charge in [0.2, 0.25) is 0 Å². The Kier molecular flexibility index (Phi) is 5.69. The zero-order valence-corrected chi connectivity index (χ0v) is 15.3. The second-order valence-electron chi connectivity index (χ2n) is 6.29. The summed E-state index contributed by atoms with van der Waals surface area (Å²) in [4.78, 5) is 27.3. The molecule has 1 aromatic carbocycles. The van der Waals surface area contributed by atoms with Crippen LogP contribution in [0.5, 0.6) is 11.5 Å². The van der Waals surface area contributed by atoms with E-state index in [1.165, 1.54) is 26.0 Å². The van der Waals surface area contributed by atoms with Crippen LogP contribution in [0.4, 0.5) is 0 Å². The number of hydrogen-bond donors (Lipinski definition) is 2. The first-order valence-electron chi connectivity index (χ1n) is 8.07. The largest absolute Gasteiger partial charge is 0.503 e. The molecule has 0 fully saturated rings. The van der Waals surface area contributed by atoms with Gasteiger partial charge in [0.1, 0.15) is 0 Å². The third-order valence-corrected chi connectivity index (χ3v) is 4.26. The molecule has 0 saturated carbocycles. The van der Waals surface area contributed by atoms with Gasteiger partial charge in [-0.25, -0.2) is 0 Å². The maximum atomic E-state index is 12.5. The summed E-state index contributed by atoms with van der Waals surface area (Å²) in [5, 5.41) is 10.2. The average Bonchev–Trinajstić information content (AvgIpc) is 2.83. The van der Waals surface area contributed by atoms with Crippen LogP contribution in [0, 0.1) is 0 Å². The minimum atomic E-state index is -0.635. The molecule has 0 saturated heterocycles. The molecule has 1 amide bonds. The van der Waals surface area contributed by atoms with Crippen LogP contribution in [0.25, 0.3) is 0 Å². The van der Waals surface area contributed by atoms with Crippen molar-refractivity contribution in [2.75, 3.05) is 41.4 Å². The molecule has 1 heterocycles. The third kappa shape index (κ3) is 3.61. The van der Waals surface area contributed by atoms with Gasteiger partial charge in [-0.1, -0.05) is 6.07 Å². The summed E-state index contributed by atoms with van der Waals surface area (Å²) < 4.78 is 10.6. The molecule has 136 valence electrons. The van der Waals surface area contributed by atoms with Crippen LogP contribution in [-0.4, -0.2) is 63.1 Å². The number of Topliss-reactive ketones (excluding diaryl/α,β-unsaturated/α-hetero) is 1. The van der Waals surface area contributed by atoms with Gasteiger partial charge in [0.15, 0.2) is 23.0 Å². The number of aliphatic hydroxyl groups is 1. The van der Waals surface area contributed by atoms with Crippen LogP contribution in [0.15, 0.2) is 29.5 Å². The Morgan fingerprint density at radius 3 is 2.40 bits per heavy atom. The van der Waals surface area contributed by atoms with E-state index in [9.17, 15) is 14.7 Å². The Balaban J connectivity index is 2.51. The monoisotopic (exact) mass is 349 g/mol. The van der Waals surface area contributed by atoms with E-state index in [1.807, 2.05) is 14.1 Å². The molecule has 7 heteroatoms. The van der Waals surface area contributed by atoms with E-state index in [0.29, 0.717) is 30.2 Å². The van der Waals surface area contributed by atoms with Gasteiger partial charge in [0.25, 0.3) is 5.91 Å². The molecule has 0 aliphatic carbocycles. The number of quaternary nitrogens is 1. The molecule has 1 aliphatic rings. The van der Waals surface area contributed by atoms with Gasteiger partial charge in [-0.3, -0.25) is 9.59 Å². The summed E-state index contributed by atoms with van der Waals surface area (Å²) >= 11 is 0. The molecule has 1 aliphatic heterocycles. The van der Waals surface area contributed by atoms with Crippen molar-refractivity contribution in [1.82, 2.24) is 4.90 Å². The molecule has 2 N–H and O–H groups in total. The van der Waals surface area contributed by atoms with E-state index < -0.39 is 17.7 Å². The van der Waals surface area contributed by atoms with Crippen molar-refractivity contribution in [2.45, 2.75) is 13.0 Å². The Hall–Kier alpha value is -2.54. The number of ether oxygens (including phenoxy) is 2. The quantitative estimate of drug-likeness (QED) is 0.732. The number of amides is 1. The Morgan fingerprint density at radius 2 is 1.88 bits per heavy atom. The highest BCUT2D eigenvalue weighted by Gasteiger charge is 2.42. The van der Waals surface area contributed by atoms with Crippen molar-refractivity contribution in [3.63, 3.8) is 0 Å². The molecule has 0 spiro atoms. The van der Waals surface area contributed by atoms with Gasteiger partial charge in [0.05, 0.1) is 53.0 Å². The van der Waals surface area contributed by atoms with Gasteiger partial charge in [-0.2, -0.15) is 0 Å². The number of hydrogen-bond acceptors (Lipinski definition) is 5. The Morgan fingerprint density at radius 1 is 1.24 bits per heavy atom. The number of nitrogens with zero attached hydrogens (tertiary/aromatic N) is 1. The fourth-order valence-electron chi connectivity index (χ4n) is 2.96. The second-order valence-corrected chi connectivity index (χ2v) is 6.29. The third-order valence-electron chi connectivity index (χ3n) is 4.26. The lowest BCUT2D eigenvalue weighted by atomic mass is 9.96. The molecule has 0 aromatic heterocycles. The van der Waals surface area contributed by atoms with E-state index in [-0.39, 0.29) is 11.4 Å². The zero-order valence-electron chi connectivity index (χ0n) is 15.3. The number of nitrogens with one attached hydrogen (secondary N) is 1. The molecule has 25 heavy (non-hydrogen) atoms. The van der Waals surface area contributed by atoms with Crippen molar-refractivity contribution in [3.8, 4) is 11.5 Å². The second kappa shape index (κ2) is 7.57. The fraction of sp³-hybridized carbons (Fsp3) is 0.444. The van der Waals surface area contributed by atoms with Crippen molar-refractivity contribution in [1.29, 1.82) is 0 Å². The molecular formula is C18H25N2O5+. The number of carbonyl (C=O) groups excluding carboxylic acids is 2. The number of methoxy groups -OCH3 is 2. The zero-order chi connectivity index (χ0) is 18.7. The van der Waals surface area contributed by atoms with Gasteiger partial charge < -0.3 is 24.4 Å². The SMILES string of the molecule is COc1ccc([C@H]2C(C(C)=O)=C(O)C(=O)N2CC[NH+](C)C)cc1OC. The lowest BCUT2D eigenvalue weighted by Crippen LogP contribution is -3.06. The lowest BCUT2D eigenvalue weighted by Gasteiger charge is -2.27. The highest BCUT2D eigenvalue weighted by molar-refractivity contribution is 6.08. The van der Waals surface area contributed by atoms with Crippen molar-refractivity contribution in [3.05, 3.63) is 35.1 Å². The van der Waals surface area contributed by atoms with Crippen LogP contribution in [0.1, 0.15) is 18.5 Å². The van der Waals surface area contributed by atoms with Crippen LogP contribution >= 0.6 is 0 Å². The van der Waals surface area contributed by atoms with Crippen molar-refractivity contribution in [2.24, 2.45) is 0 Å². The van der Waals surface area contributed by atoms with Gasteiger partial charge >= 0.3 is 0 Å². The van der Waals surface area contributed by atoms with Crippen LogP contribution in [0.2, 0.25) is 0 Å². The summed E-state index contributed by atoms with van der Waals surface area (Å²) in [6.45, 7) is 2.46. The number of carbonyl (C=O) groups is 2. The highest BCUT2D eigenvalue weighted by Crippen LogP contribution is 2.40. The summed E-state index contributed by atoms with van der Waals surface area (Å²) in [5.41, 5.74) is 0.806. The summed E-state index contributed by atoms with van der Waals surface area (Å²) in [6.07, 6.45) is 0. The predicted octanol–water partition coefficient (Wildman–Crippen LogP) is 0.133. The summed E-state index contributed by atoms with van der Waals surface area (Å²) in [6, 6.07) is 4.59. The maximum absolute atomic E-state index is 12.5. The molecule has 0 radical (unpaired) electrons. The van der Waals surface area contributed by atoms with E-state index in [2.05, 4.69) is 0 Å². The topological polar surface area (TPSA) is 80.5 Å². The first-order chi connectivity index (χ1) is 11.8. The predicted molar refractivity (Wildman–Crippen MR) is 92.0 cm³/mol. The number of rotatable bonds is 7. The van der Waals surface area contributed by atoms with Crippen molar-refractivity contribution < 1.29 is 29.1 Å². The van der Waals surface area contributed by atoms with E-state index >= 15 is 0 Å². The van der Waals surface area contributed by atoms with Crippen molar-refractivity contribution >= 4 is 11.7 Å². The molecule has 2 rings (SSSR count). The van der Waals surface area contributed by atoms with Crippen LogP contribution in [0.3, 0.4) is 0 Å². The van der Waals surface area contributed by atoms with E-state index in [1.54, 1.807) is 18.2 Å². The molecule has 0 unspecified atom stereocenters. The molecule has 1 atom stereocenters. The summed E-state index contributed by atoms with van der Waals surface area (Å²) in [5.74, 6) is -0.269. The first kappa shape index (κ1) is 18.8. The smallest absolute Gasteiger partial charge is 0.290 e. The average molecular weight is 349 g/mol. The van der Waals surface area contributed by atoms with Crippen LogP contribution < -0.4 is 14.4 Å². The van der Waals surface area contributed by atoms with Gasteiger partial charge in [-0.15, -0.1) is 0 Å². The first-order valence-corrected chi connectivity index (χ1v) is 8.07. The minimum Gasteiger partial charge on any atom is -0.503 e. The molecule has 0 bridgehead atoms. The molecule has 1 aromatic rings. The van der Waals surface area contributed by atoms with Crippen LogP contribution in [-0.2, 0) is 9.59 Å². The maximum Gasteiger partial charge on any atom is 0.290 e. The van der Waals surface area contributed by atoms with Gasteiger partial charge in [0, 0.05) is 0 Å². The normalized spacial score (nSPS) is 17.4. The lowest BCUT2D eigenvalue weighted by molar-refractivity contribution is -0.857. The van der Waals surface area contributed by atoms with E-state index in [0.717, 1.165) is 4.90 Å². The molecular weight excluding hydrogens is 324 g/mol. The summed E-state index contributed by atoms with van der Waals surface area (Å²) in [7, 11) is 7.01. The fourth-order valence-corrected chi connectivity index (χ4v) is 2.96. The Bertz CT molecular complexity index is 711. The Labute approximate surface area is 147 Å². The van der Waals surface area contributed by atoms with E-state index in [4.69, 9.17) is 9.47 Å².